The van der Waals surface area contributed by atoms with E-state index in [1.54, 1.807) is 23.0 Å². The number of aliphatic hydroxyl groups is 1. The monoisotopic (exact) mass is 401 g/mol. The molecule has 9 heteroatoms. The van der Waals surface area contributed by atoms with Crippen molar-refractivity contribution >= 4 is 17.5 Å². The van der Waals surface area contributed by atoms with Gasteiger partial charge in [0.2, 0.25) is 5.60 Å². The number of rotatable bonds is 3. The zero-order valence-corrected chi connectivity index (χ0v) is 15.3. The number of benzene rings is 1. The minimum absolute atomic E-state index is 0.0445. The molecule has 0 bridgehead atoms. The molecule has 1 fully saturated rings. The Morgan fingerprint density at radius 3 is 2.33 bits per heavy atom. The highest BCUT2D eigenvalue weighted by molar-refractivity contribution is 6.30. The maximum atomic E-state index is 12.9. The van der Waals surface area contributed by atoms with E-state index in [0.29, 0.717) is 24.8 Å². The van der Waals surface area contributed by atoms with E-state index in [4.69, 9.17) is 11.6 Å². The van der Waals surface area contributed by atoms with Crippen LogP contribution in [0.5, 0.6) is 0 Å². The summed E-state index contributed by atoms with van der Waals surface area (Å²) in [5.41, 5.74) is -1.62. The van der Waals surface area contributed by atoms with Gasteiger partial charge in [-0.3, -0.25) is 4.79 Å². The molecule has 1 amide bonds. The summed E-state index contributed by atoms with van der Waals surface area (Å²) in [5, 5.41) is 14.5. The summed E-state index contributed by atoms with van der Waals surface area (Å²) in [4.78, 5) is 13.2. The second-order valence-electron chi connectivity index (χ2n) is 6.78. The number of carbonyl (C=O) groups is 1. The minimum atomic E-state index is -5.01. The first-order valence-electron chi connectivity index (χ1n) is 8.49. The van der Waals surface area contributed by atoms with Crippen LogP contribution in [-0.4, -0.2) is 50.6 Å². The minimum Gasteiger partial charge on any atom is -0.373 e. The van der Waals surface area contributed by atoms with E-state index >= 15 is 0 Å². The summed E-state index contributed by atoms with van der Waals surface area (Å²) in [7, 11) is 0. The highest BCUT2D eigenvalue weighted by Crippen LogP contribution is 2.35. The van der Waals surface area contributed by atoms with E-state index in [1.807, 2.05) is 18.2 Å². The lowest BCUT2D eigenvalue weighted by Crippen LogP contribution is -2.57. The van der Waals surface area contributed by atoms with Gasteiger partial charge in [-0.2, -0.15) is 18.3 Å². The number of halogens is 4. The van der Waals surface area contributed by atoms with Crippen molar-refractivity contribution in [3.8, 4) is 5.69 Å². The molecule has 2 heterocycles. The molecule has 1 aromatic heterocycles. The average molecular weight is 402 g/mol. The third kappa shape index (κ3) is 3.82. The standard InChI is InChI=1S/C18H19ClF3N3O2/c1-17(27,18(20,21)22)16(26)24-10-7-12(8-11-24)15-6-9-23-25(15)14-4-2-13(19)3-5-14/h2-6,9,12,27H,7-8,10-11H2,1H3/t17-/m1/s1. The molecule has 1 saturated heterocycles. The van der Waals surface area contributed by atoms with Crippen molar-refractivity contribution in [2.75, 3.05) is 13.1 Å². The van der Waals surface area contributed by atoms with Crippen LogP contribution in [0.15, 0.2) is 36.5 Å². The van der Waals surface area contributed by atoms with Crippen molar-refractivity contribution in [3.63, 3.8) is 0 Å². The number of alkyl halides is 3. The van der Waals surface area contributed by atoms with Crippen molar-refractivity contribution in [1.82, 2.24) is 14.7 Å². The molecule has 3 rings (SSSR count). The molecule has 0 aliphatic carbocycles. The number of likely N-dealkylation sites (tertiary alicyclic amines) is 1. The fraction of sp³-hybridized carbons (Fsp3) is 0.444. The molecule has 1 N–H and O–H groups in total. The number of aromatic nitrogens is 2. The first-order chi connectivity index (χ1) is 12.6. The van der Waals surface area contributed by atoms with Crippen LogP contribution in [0.1, 0.15) is 31.4 Å². The number of piperidine rings is 1. The van der Waals surface area contributed by atoms with Crippen LogP contribution >= 0.6 is 11.6 Å². The predicted molar refractivity (Wildman–Crippen MR) is 93.8 cm³/mol. The Morgan fingerprint density at radius 2 is 1.78 bits per heavy atom. The van der Waals surface area contributed by atoms with Crippen molar-refractivity contribution in [2.24, 2.45) is 0 Å². The maximum absolute atomic E-state index is 12.9. The van der Waals surface area contributed by atoms with Crippen molar-refractivity contribution in [3.05, 3.63) is 47.2 Å². The van der Waals surface area contributed by atoms with Gasteiger partial charge in [0.15, 0.2) is 0 Å². The highest BCUT2D eigenvalue weighted by atomic mass is 35.5. The molecule has 1 atom stereocenters. The number of hydrogen-bond acceptors (Lipinski definition) is 3. The second-order valence-corrected chi connectivity index (χ2v) is 7.22. The summed E-state index contributed by atoms with van der Waals surface area (Å²) >= 11 is 5.91. The summed E-state index contributed by atoms with van der Waals surface area (Å²) in [6.07, 6.45) is -2.37. The molecule has 2 aromatic rings. The van der Waals surface area contributed by atoms with Gasteiger partial charge >= 0.3 is 6.18 Å². The quantitative estimate of drug-likeness (QED) is 0.855. The van der Waals surface area contributed by atoms with Crippen molar-refractivity contribution in [2.45, 2.75) is 37.5 Å². The Hall–Kier alpha value is -2.06. The van der Waals surface area contributed by atoms with Crippen LogP contribution in [0.2, 0.25) is 5.02 Å². The number of nitrogens with zero attached hydrogens (tertiary/aromatic N) is 3. The maximum Gasteiger partial charge on any atom is 0.426 e. The molecular formula is C18H19ClF3N3O2. The van der Waals surface area contributed by atoms with Crippen LogP contribution in [0.25, 0.3) is 5.69 Å². The van der Waals surface area contributed by atoms with Crippen LogP contribution in [-0.2, 0) is 4.79 Å². The number of hydrogen-bond donors (Lipinski definition) is 1. The third-order valence-corrected chi connectivity index (χ3v) is 5.16. The first kappa shape index (κ1) is 19.7. The Kier molecular flexibility index (Phi) is 5.22. The van der Waals surface area contributed by atoms with E-state index in [9.17, 15) is 23.1 Å². The zero-order valence-electron chi connectivity index (χ0n) is 14.6. The van der Waals surface area contributed by atoms with Crippen LogP contribution < -0.4 is 0 Å². The van der Waals surface area contributed by atoms with Gasteiger partial charge in [-0.25, -0.2) is 4.68 Å². The summed E-state index contributed by atoms with van der Waals surface area (Å²) in [6, 6.07) is 9.03. The topological polar surface area (TPSA) is 58.4 Å². The van der Waals surface area contributed by atoms with Crippen LogP contribution in [0, 0.1) is 0 Å². The third-order valence-electron chi connectivity index (χ3n) is 4.91. The van der Waals surface area contributed by atoms with E-state index < -0.39 is 17.7 Å². The Bertz CT molecular complexity index is 810. The first-order valence-corrected chi connectivity index (χ1v) is 8.87. The zero-order chi connectivity index (χ0) is 19.8. The molecule has 0 saturated carbocycles. The molecule has 1 aliphatic heterocycles. The van der Waals surface area contributed by atoms with Gasteiger partial charge in [-0.15, -0.1) is 0 Å². The summed E-state index contributed by atoms with van der Waals surface area (Å²) in [6.45, 7) is 0.778. The van der Waals surface area contributed by atoms with Gasteiger partial charge in [0.1, 0.15) is 0 Å². The SMILES string of the molecule is C[C@@](O)(C(=O)N1CCC(c2ccnn2-c2ccc(Cl)cc2)CC1)C(F)(F)F. The van der Waals surface area contributed by atoms with Gasteiger partial charge in [0.05, 0.1) is 5.69 Å². The summed E-state index contributed by atoms with van der Waals surface area (Å²) < 4.78 is 40.4. The molecule has 27 heavy (non-hydrogen) atoms. The van der Waals surface area contributed by atoms with Crippen molar-refractivity contribution in [1.29, 1.82) is 0 Å². The molecule has 0 spiro atoms. The fourth-order valence-corrected chi connectivity index (χ4v) is 3.35. The van der Waals surface area contributed by atoms with Gasteiger partial charge < -0.3 is 10.0 Å². The van der Waals surface area contributed by atoms with Crippen LogP contribution in [0.3, 0.4) is 0 Å². The van der Waals surface area contributed by atoms with E-state index in [-0.39, 0.29) is 19.0 Å². The van der Waals surface area contributed by atoms with E-state index in [2.05, 4.69) is 5.10 Å². The lowest BCUT2D eigenvalue weighted by atomic mass is 9.92. The molecule has 1 aromatic carbocycles. The largest absolute Gasteiger partial charge is 0.426 e. The van der Waals surface area contributed by atoms with Gasteiger partial charge in [-0.1, -0.05) is 11.6 Å². The lowest BCUT2D eigenvalue weighted by Gasteiger charge is -2.36. The van der Waals surface area contributed by atoms with Gasteiger partial charge in [-0.05, 0) is 50.1 Å². The van der Waals surface area contributed by atoms with E-state index in [0.717, 1.165) is 16.3 Å². The molecule has 146 valence electrons. The number of amides is 1. The Balaban J connectivity index is 1.71. The predicted octanol–water partition coefficient (Wildman–Crippen LogP) is 3.55. The molecule has 0 radical (unpaired) electrons. The van der Waals surface area contributed by atoms with Crippen molar-refractivity contribution < 1.29 is 23.1 Å². The smallest absolute Gasteiger partial charge is 0.373 e. The van der Waals surface area contributed by atoms with Crippen LogP contribution in [0.4, 0.5) is 13.2 Å². The van der Waals surface area contributed by atoms with E-state index in [1.165, 1.54) is 0 Å². The molecule has 5 nitrogen and oxygen atoms in total. The molecular weight excluding hydrogens is 383 g/mol. The normalized spacial score (nSPS) is 18.4. The fourth-order valence-electron chi connectivity index (χ4n) is 3.23. The Labute approximate surface area is 159 Å². The molecule has 1 aliphatic rings. The van der Waals surface area contributed by atoms with Gasteiger partial charge in [0.25, 0.3) is 5.91 Å². The van der Waals surface area contributed by atoms with Gasteiger partial charge in [0, 0.05) is 35.9 Å². The second kappa shape index (κ2) is 7.16. The molecule has 0 unspecified atom stereocenters. The highest BCUT2D eigenvalue weighted by Gasteiger charge is 2.57. The summed E-state index contributed by atoms with van der Waals surface area (Å²) in [5.74, 6) is -1.26. The Morgan fingerprint density at radius 1 is 1.19 bits per heavy atom. The number of carbonyl (C=O) groups excluding carboxylic acids is 1. The lowest BCUT2D eigenvalue weighted by molar-refractivity contribution is -0.250. The average Bonchev–Trinajstić information content (AvgIpc) is 3.10.